The maximum atomic E-state index is 14.5. The molecule has 0 saturated carbocycles. The van der Waals surface area contributed by atoms with Gasteiger partial charge in [-0.05, 0) is 115 Å². The Labute approximate surface area is 475 Å². The van der Waals surface area contributed by atoms with Crippen LogP contribution in [0.2, 0.25) is 0 Å². The third-order valence-corrected chi connectivity index (χ3v) is 15.8. The molecule has 7 unspecified atom stereocenters. The van der Waals surface area contributed by atoms with E-state index in [2.05, 4.69) is 29.8 Å². The van der Waals surface area contributed by atoms with Crippen LogP contribution in [-0.4, -0.2) is 183 Å². The predicted octanol–water partition coefficient (Wildman–Crippen LogP) is 6.66. The summed E-state index contributed by atoms with van der Waals surface area (Å²) in [5.74, 6) is -2.43. The number of hydrogen-bond donors (Lipinski definition) is 3. The standard InChI is InChI=1S/C61H105N7O11/c1-16-43(6)55(66(15)60(75)53(41(2)3)64-58(73)54(42(4)5)65(13)14)44(7)39-51(69)67-31-22-27-49(67)45(8)46(9)56(71)63-48(40-47-25-18-17-19-26-47)59(74)68-32-23-28-50(68)57(72)62-30-24-34-77-36-38-78-37-35-76-33-21-20-29-52(70)79-61(10,11)12/h17-19,25-26,41-46,48-50,53-55H,16,20-24,27-40H2,1-15H3,(H,62,72)(H,63,71)(H,64,73)/t43?,44?,45?,46?,48-,49?,50+,53-,54?,55?/m0/s1. The number of nitrogens with one attached hydrogen (secondary N) is 3. The van der Waals surface area contributed by atoms with Gasteiger partial charge in [0.25, 0.3) is 0 Å². The first-order valence-corrected chi connectivity index (χ1v) is 29.7. The molecule has 0 radical (unpaired) electrons. The molecule has 18 nitrogen and oxygen atoms in total. The van der Waals surface area contributed by atoms with Crippen LogP contribution in [0.4, 0.5) is 0 Å². The maximum absolute atomic E-state index is 14.5. The Bertz CT molecular complexity index is 2020. The molecule has 3 rings (SSSR count). The number of hydrogen-bond acceptors (Lipinski definition) is 12. The molecule has 3 N–H and O–H groups in total. The second-order valence-corrected chi connectivity index (χ2v) is 24.3. The zero-order valence-electron chi connectivity index (χ0n) is 51.2. The van der Waals surface area contributed by atoms with Gasteiger partial charge in [-0.25, -0.2) is 0 Å². The Hall–Kier alpha value is -4.65. The lowest BCUT2D eigenvalue weighted by molar-refractivity contribution is -0.155. The molecule has 1 aromatic carbocycles. The van der Waals surface area contributed by atoms with Crippen LogP contribution in [0.1, 0.15) is 153 Å². The van der Waals surface area contributed by atoms with E-state index >= 15 is 0 Å². The number of likely N-dealkylation sites (tertiary alicyclic amines) is 2. The van der Waals surface area contributed by atoms with Crippen molar-refractivity contribution in [3.05, 3.63) is 35.9 Å². The van der Waals surface area contributed by atoms with Gasteiger partial charge < -0.3 is 49.6 Å². The molecule has 2 heterocycles. The molecule has 1 aromatic rings. The second-order valence-electron chi connectivity index (χ2n) is 24.3. The van der Waals surface area contributed by atoms with Crippen molar-refractivity contribution < 1.29 is 52.5 Å². The highest BCUT2D eigenvalue weighted by Gasteiger charge is 2.43. The van der Waals surface area contributed by atoms with Gasteiger partial charge in [0.2, 0.25) is 35.4 Å². The third-order valence-electron chi connectivity index (χ3n) is 15.8. The van der Waals surface area contributed by atoms with E-state index in [4.69, 9.17) is 18.9 Å². The van der Waals surface area contributed by atoms with Crippen molar-refractivity contribution in [2.24, 2.45) is 35.5 Å². The Morgan fingerprint density at radius 2 is 1.30 bits per heavy atom. The smallest absolute Gasteiger partial charge is 0.306 e. The first kappa shape index (κ1) is 68.6. The van der Waals surface area contributed by atoms with Crippen LogP contribution in [-0.2, 0) is 58.9 Å². The topological polar surface area (TPSA) is 205 Å². The normalized spacial score (nSPS) is 18.9. The number of rotatable bonds is 35. The van der Waals surface area contributed by atoms with Gasteiger partial charge in [0, 0.05) is 77.2 Å². The molecule has 18 heteroatoms. The van der Waals surface area contributed by atoms with E-state index in [0.717, 1.165) is 31.2 Å². The van der Waals surface area contributed by atoms with Gasteiger partial charge in [-0.1, -0.05) is 99.1 Å². The van der Waals surface area contributed by atoms with Crippen molar-refractivity contribution in [2.45, 2.75) is 196 Å². The van der Waals surface area contributed by atoms with Crippen LogP contribution in [0.3, 0.4) is 0 Å². The minimum atomic E-state index is -0.913. The first-order chi connectivity index (χ1) is 37.3. The lowest BCUT2D eigenvalue weighted by Gasteiger charge is -2.40. The summed E-state index contributed by atoms with van der Waals surface area (Å²) in [5.41, 5.74) is 0.402. The minimum Gasteiger partial charge on any atom is -0.460 e. The quantitative estimate of drug-likeness (QED) is 0.0482. The average molecular weight is 1110 g/mol. The summed E-state index contributed by atoms with van der Waals surface area (Å²) in [5, 5.41) is 9.18. The van der Waals surface area contributed by atoms with Gasteiger partial charge in [-0.15, -0.1) is 0 Å². The fourth-order valence-electron chi connectivity index (χ4n) is 11.3. The summed E-state index contributed by atoms with van der Waals surface area (Å²) in [7, 11) is 5.53. The summed E-state index contributed by atoms with van der Waals surface area (Å²) in [6, 6.07) is 6.37. The average Bonchev–Trinajstić information content (AvgIpc) is 4.13. The Balaban J connectivity index is 1.56. The van der Waals surface area contributed by atoms with E-state index in [-0.39, 0.29) is 95.9 Å². The minimum absolute atomic E-state index is 0.0173. The molecule has 0 bridgehead atoms. The fourth-order valence-corrected chi connectivity index (χ4v) is 11.3. The molecule has 10 atom stereocenters. The molecule has 450 valence electrons. The number of likely N-dealkylation sites (N-methyl/N-ethyl adjacent to an activating group) is 2. The molecular weight excluding hydrogens is 1010 g/mol. The predicted molar refractivity (Wildman–Crippen MR) is 309 cm³/mol. The number of benzene rings is 1. The van der Waals surface area contributed by atoms with Crippen molar-refractivity contribution in [1.29, 1.82) is 0 Å². The number of carbonyl (C=O) groups is 7. The number of unbranched alkanes of at least 4 members (excludes halogenated alkanes) is 1. The number of carbonyl (C=O) groups excluding carboxylic acids is 7. The van der Waals surface area contributed by atoms with Gasteiger partial charge in [0.05, 0.1) is 32.5 Å². The van der Waals surface area contributed by atoms with Crippen molar-refractivity contribution >= 4 is 41.4 Å². The molecular formula is C61H105N7O11. The number of amides is 6. The number of nitrogens with zero attached hydrogens (tertiary/aromatic N) is 4. The number of esters is 1. The molecule has 79 heavy (non-hydrogen) atoms. The van der Waals surface area contributed by atoms with Gasteiger partial charge in [-0.3, -0.25) is 38.5 Å². The molecule has 2 fully saturated rings. The van der Waals surface area contributed by atoms with Gasteiger partial charge >= 0.3 is 5.97 Å². The van der Waals surface area contributed by atoms with Crippen LogP contribution >= 0.6 is 0 Å². The van der Waals surface area contributed by atoms with Crippen LogP contribution in [0.15, 0.2) is 30.3 Å². The van der Waals surface area contributed by atoms with Crippen molar-refractivity contribution in [1.82, 2.24) is 35.6 Å². The third kappa shape index (κ3) is 22.7. The zero-order valence-corrected chi connectivity index (χ0v) is 51.2. The molecule has 0 aromatic heterocycles. The SMILES string of the molecule is CCC(C)C(C(C)CC(=O)N1CCCC1C(C)C(C)C(=O)N[C@@H](Cc1ccccc1)C(=O)N1CCC[C@@H]1C(=O)NCCCOCCOCCOCCCCC(=O)OC(C)(C)C)N(C)C(=O)[C@@H](NC(=O)C(C(C)C)N(C)C)C(C)C. The summed E-state index contributed by atoms with van der Waals surface area (Å²) in [4.78, 5) is 104. The summed E-state index contributed by atoms with van der Waals surface area (Å²) in [6.07, 6.45) is 6.40. The lowest BCUT2D eigenvalue weighted by Crippen LogP contribution is -2.58. The maximum Gasteiger partial charge on any atom is 0.306 e. The van der Waals surface area contributed by atoms with Gasteiger partial charge in [-0.2, -0.15) is 0 Å². The zero-order chi connectivity index (χ0) is 59.0. The van der Waals surface area contributed by atoms with Crippen LogP contribution in [0.5, 0.6) is 0 Å². The highest BCUT2D eigenvalue weighted by Crippen LogP contribution is 2.33. The van der Waals surface area contributed by atoms with Crippen LogP contribution in [0, 0.1) is 35.5 Å². The Morgan fingerprint density at radius 1 is 0.709 bits per heavy atom. The van der Waals surface area contributed by atoms with Crippen molar-refractivity contribution in [3.8, 4) is 0 Å². The monoisotopic (exact) mass is 1110 g/mol. The van der Waals surface area contributed by atoms with E-state index in [0.29, 0.717) is 91.4 Å². The Morgan fingerprint density at radius 3 is 1.89 bits per heavy atom. The van der Waals surface area contributed by atoms with E-state index in [9.17, 15) is 33.6 Å². The molecule has 0 aliphatic carbocycles. The second kappa shape index (κ2) is 34.6. The first-order valence-electron chi connectivity index (χ1n) is 29.7. The van der Waals surface area contributed by atoms with Crippen LogP contribution in [0.25, 0.3) is 0 Å². The Kier molecular flexibility index (Phi) is 30.0. The summed E-state index contributed by atoms with van der Waals surface area (Å²) >= 11 is 0. The molecule has 0 spiro atoms. The van der Waals surface area contributed by atoms with Crippen molar-refractivity contribution in [2.75, 3.05) is 80.4 Å². The summed E-state index contributed by atoms with van der Waals surface area (Å²) in [6.45, 7) is 27.5. The largest absolute Gasteiger partial charge is 0.460 e. The number of ether oxygens (including phenoxy) is 4. The highest BCUT2D eigenvalue weighted by molar-refractivity contribution is 5.93. The fraction of sp³-hybridized carbons (Fsp3) is 0.787. The van der Waals surface area contributed by atoms with E-state index < -0.39 is 35.7 Å². The molecule has 2 aliphatic heterocycles. The highest BCUT2D eigenvalue weighted by atomic mass is 16.6. The van der Waals surface area contributed by atoms with Crippen LogP contribution < -0.4 is 16.0 Å². The summed E-state index contributed by atoms with van der Waals surface area (Å²) < 4.78 is 22.2. The molecule has 2 saturated heterocycles. The molecule has 2 aliphatic rings. The van der Waals surface area contributed by atoms with E-state index in [1.807, 2.05) is 123 Å². The molecule has 6 amide bonds. The van der Waals surface area contributed by atoms with Gasteiger partial charge in [0.1, 0.15) is 23.7 Å². The van der Waals surface area contributed by atoms with Gasteiger partial charge in [0.15, 0.2) is 0 Å². The lowest BCUT2D eigenvalue weighted by atomic mass is 9.84. The van der Waals surface area contributed by atoms with E-state index in [1.165, 1.54) is 0 Å². The van der Waals surface area contributed by atoms with Crippen molar-refractivity contribution in [3.63, 3.8) is 0 Å². The van der Waals surface area contributed by atoms with E-state index in [1.54, 1.807) is 16.8 Å².